The number of rotatable bonds is 8. The summed E-state index contributed by atoms with van der Waals surface area (Å²) in [7, 11) is 0. The maximum absolute atomic E-state index is 12.7. The van der Waals surface area contributed by atoms with Crippen LogP contribution in [0.3, 0.4) is 0 Å². The fourth-order valence-electron chi connectivity index (χ4n) is 4.06. The van der Waals surface area contributed by atoms with Crippen molar-refractivity contribution >= 4 is 17.5 Å². The molecular weight excluding hydrogens is 390 g/mol. The van der Waals surface area contributed by atoms with E-state index in [1.165, 1.54) is 43.9 Å². The zero-order valence-electron chi connectivity index (χ0n) is 17.2. The van der Waals surface area contributed by atoms with Gasteiger partial charge in [-0.15, -0.1) is 16.8 Å². The normalized spacial score (nSPS) is 14.5. The first-order valence-electron chi connectivity index (χ1n) is 10.6. The van der Waals surface area contributed by atoms with Crippen molar-refractivity contribution in [2.45, 2.75) is 49.7 Å². The molecule has 1 heterocycles. The zero-order chi connectivity index (χ0) is 20.8. The molecule has 0 N–H and O–H groups in total. The highest BCUT2D eigenvalue weighted by Crippen LogP contribution is 2.33. The summed E-state index contributed by atoms with van der Waals surface area (Å²) in [6, 6.07) is 18.0. The van der Waals surface area contributed by atoms with E-state index in [9.17, 15) is 4.79 Å². The van der Waals surface area contributed by atoms with Crippen molar-refractivity contribution < 1.29 is 4.79 Å². The van der Waals surface area contributed by atoms with Gasteiger partial charge in [-0.1, -0.05) is 91.7 Å². The number of aromatic nitrogens is 3. The van der Waals surface area contributed by atoms with Crippen LogP contribution in [0.5, 0.6) is 0 Å². The summed E-state index contributed by atoms with van der Waals surface area (Å²) in [6.45, 7) is 4.57. The number of Topliss-reactive ketones (excluding diaryl/α,β-unsaturated/α-hetero) is 1. The maximum Gasteiger partial charge on any atom is 0.191 e. The van der Waals surface area contributed by atoms with Crippen molar-refractivity contribution in [2.75, 3.05) is 5.75 Å². The number of carbonyl (C=O) groups is 1. The van der Waals surface area contributed by atoms with E-state index in [0.29, 0.717) is 18.2 Å². The van der Waals surface area contributed by atoms with Crippen LogP contribution in [-0.2, 0) is 6.54 Å². The first kappa shape index (κ1) is 20.6. The Morgan fingerprint density at radius 3 is 2.40 bits per heavy atom. The summed E-state index contributed by atoms with van der Waals surface area (Å²) in [5, 5.41) is 9.70. The second kappa shape index (κ2) is 9.90. The summed E-state index contributed by atoms with van der Waals surface area (Å²) in [5.74, 6) is 1.98. The third-order valence-electron chi connectivity index (χ3n) is 5.67. The highest BCUT2D eigenvalue weighted by atomic mass is 32.2. The van der Waals surface area contributed by atoms with E-state index in [0.717, 1.165) is 27.7 Å². The number of hydrogen-bond donors (Lipinski definition) is 0. The highest BCUT2D eigenvalue weighted by molar-refractivity contribution is 7.99. The molecule has 1 aliphatic rings. The van der Waals surface area contributed by atoms with E-state index in [1.54, 1.807) is 0 Å². The van der Waals surface area contributed by atoms with Crippen LogP contribution in [0.2, 0.25) is 0 Å². The average Bonchev–Trinajstić information content (AvgIpc) is 3.21. The Morgan fingerprint density at radius 1 is 1.00 bits per heavy atom. The molecular formula is C25H27N3OS. The minimum absolute atomic E-state index is 0.104. The number of ketones is 1. The SMILES string of the molecule is C=CCn1c(SCC(=O)c2ccc(-c3ccccc3)cc2)nnc1C1CCCCC1. The van der Waals surface area contributed by atoms with Gasteiger partial charge in [0.25, 0.3) is 0 Å². The summed E-state index contributed by atoms with van der Waals surface area (Å²) in [6.07, 6.45) is 8.05. The van der Waals surface area contributed by atoms with Crippen LogP contribution in [0.4, 0.5) is 0 Å². The maximum atomic E-state index is 12.7. The second-order valence-electron chi connectivity index (χ2n) is 7.73. The van der Waals surface area contributed by atoms with Gasteiger partial charge in [0.15, 0.2) is 10.9 Å². The molecule has 4 rings (SSSR count). The van der Waals surface area contributed by atoms with E-state index >= 15 is 0 Å². The summed E-state index contributed by atoms with van der Waals surface area (Å²) < 4.78 is 2.14. The third-order valence-corrected chi connectivity index (χ3v) is 6.64. The van der Waals surface area contributed by atoms with Crippen molar-refractivity contribution in [3.8, 4) is 11.1 Å². The van der Waals surface area contributed by atoms with E-state index in [4.69, 9.17) is 0 Å². The quantitative estimate of drug-likeness (QED) is 0.250. The van der Waals surface area contributed by atoms with Gasteiger partial charge in [-0.2, -0.15) is 0 Å². The van der Waals surface area contributed by atoms with Gasteiger partial charge in [0.2, 0.25) is 0 Å². The Bertz CT molecular complexity index is 989. The van der Waals surface area contributed by atoms with E-state index in [2.05, 4.69) is 33.5 Å². The molecule has 1 fully saturated rings. The fraction of sp³-hybridized carbons (Fsp3) is 0.320. The molecule has 0 unspecified atom stereocenters. The number of benzene rings is 2. The number of hydrogen-bond acceptors (Lipinski definition) is 4. The first-order valence-corrected chi connectivity index (χ1v) is 11.6. The first-order chi connectivity index (χ1) is 14.8. The molecule has 0 aliphatic heterocycles. The Balaban J connectivity index is 1.43. The largest absolute Gasteiger partial charge is 0.302 e. The smallest absolute Gasteiger partial charge is 0.191 e. The monoisotopic (exact) mass is 417 g/mol. The van der Waals surface area contributed by atoms with Gasteiger partial charge in [0.05, 0.1) is 5.75 Å². The number of nitrogens with zero attached hydrogens (tertiary/aromatic N) is 3. The molecule has 0 saturated heterocycles. The van der Waals surface area contributed by atoms with Gasteiger partial charge in [-0.25, -0.2) is 0 Å². The Morgan fingerprint density at radius 2 is 1.70 bits per heavy atom. The lowest BCUT2D eigenvalue weighted by Gasteiger charge is -2.21. The molecule has 0 amide bonds. The summed E-state index contributed by atoms with van der Waals surface area (Å²) >= 11 is 1.47. The summed E-state index contributed by atoms with van der Waals surface area (Å²) in [4.78, 5) is 12.7. The van der Waals surface area contributed by atoms with E-state index in [-0.39, 0.29) is 5.78 Å². The molecule has 2 aromatic carbocycles. The van der Waals surface area contributed by atoms with Gasteiger partial charge in [-0.05, 0) is 24.0 Å². The van der Waals surface area contributed by atoms with Crippen molar-refractivity contribution in [1.29, 1.82) is 0 Å². The number of allylic oxidation sites excluding steroid dienone is 1. The van der Waals surface area contributed by atoms with Crippen LogP contribution in [-0.4, -0.2) is 26.3 Å². The topological polar surface area (TPSA) is 47.8 Å². The third kappa shape index (κ3) is 4.73. The minimum Gasteiger partial charge on any atom is -0.302 e. The Hall–Kier alpha value is -2.66. The van der Waals surface area contributed by atoms with Crippen molar-refractivity contribution in [3.05, 3.63) is 78.6 Å². The molecule has 0 atom stereocenters. The molecule has 3 aromatic rings. The summed E-state index contributed by atoms with van der Waals surface area (Å²) in [5.41, 5.74) is 2.99. The van der Waals surface area contributed by atoms with Gasteiger partial charge in [-0.3, -0.25) is 4.79 Å². The van der Waals surface area contributed by atoms with Crippen LogP contribution in [0.25, 0.3) is 11.1 Å². The number of carbonyl (C=O) groups excluding carboxylic acids is 1. The molecule has 0 spiro atoms. The molecule has 0 radical (unpaired) electrons. The predicted octanol–water partition coefficient (Wildman–Crippen LogP) is 6.15. The van der Waals surface area contributed by atoms with Crippen molar-refractivity contribution in [2.24, 2.45) is 0 Å². The Kier molecular flexibility index (Phi) is 6.80. The second-order valence-corrected chi connectivity index (χ2v) is 8.67. The van der Waals surface area contributed by atoms with E-state index < -0.39 is 0 Å². The molecule has 1 aliphatic carbocycles. The van der Waals surface area contributed by atoms with E-state index in [1.807, 2.05) is 48.5 Å². The lowest BCUT2D eigenvalue weighted by molar-refractivity contribution is 0.102. The molecule has 154 valence electrons. The van der Waals surface area contributed by atoms with Crippen LogP contribution in [0.15, 0.2) is 72.4 Å². The average molecular weight is 418 g/mol. The standard InChI is InChI=1S/C25H27N3OS/c1-2-17-28-24(22-11-7-4-8-12-22)26-27-25(28)30-18-23(29)21-15-13-20(14-16-21)19-9-5-3-6-10-19/h2-3,5-6,9-10,13-16,22H,1,4,7-8,11-12,17-18H2. The van der Waals surface area contributed by atoms with Gasteiger partial charge in [0.1, 0.15) is 5.82 Å². The lowest BCUT2D eigenvalue weighted by atomic mass is 9.89. The van der Waals surface area contributed by atoms with Crippen LogP contribution in [0.1, 0.15) is 54.2 Å². The van der Waals surface area contributed by atoms with Crippen molar-refractivity contribution in [3.63, 3.8) is 0 Å². The molecule has 5 heteroatoms. The molecule has 30 heavy (non-hydrogen) atoms. The van der Waals surface area contributed by atoms with Gasteiger partial charge in [0, 0.05) is 18.0 Å². The van der Waals surface area contributed by atoms with Crippen LogP contribution in [0, 0.1) is 0 Å². The number of thioether (sulfide) groups is 1. The zero-order valence-corrected chi connectivity index (χ0v) is 18.0. The Labute approximate surface area is 182 Å². The molecule has 1 aromatic heterocycles. The molecule has 4 nitrogen and oxygen atoms in total. The lowest BCUT2D eigenvalue weighted by Crippen LogP contribution is -2.13. The van der Waals surface area contributed by atoms with Gasteiger partial charge >= 0.3 is 0 Å². The predicted molar refractivity (Wildman–Crippen MR) is 123 cm³/mol. The van der Waals surface area contributed by atoms with Gasteiger partial charge < -0.3 is 4.57 Å². The van der Waals surface area contributed by atoms with Crippen LogP contribution < -0.4 is 0 Å². The highest BCUT2D eigenvalue weighted by Gasteiger charge is 2.23. The molecule has 0 bridgehead atoms. The fourth-order valence-corrected chi connectivity index (χ4v) is 4.91. The molecule has 1 saturated carbocycles. The van der Waals surface area contributed by atoms with Crippen molar-refractivity contribution in [1.82, 2.24) is 14.8 Å². The van der Waals surface area contributed by atoms with Crippen LogP contribution >= 0.6 is 11.8 Å². The minimum atomic E-state index is 0.104.